The van der Waals surface area contributed by atoms with Gasteiger partial charge in [-0.2, -0.15) is 0 Å². The van der Waals surface area contributed by atoms with Gasteiger partial charge in [0, 0.05) is 23.9 Å². The van der Waals surface area contributed by atoms with Crippen molar-refractivity contribution >= 4 is 11.6 Å². The Morgan fingerprint density at radius 2 is 1.75 bits per heavy atom. The van der Waals surface area contributed by atoms with Crippen LogP contribution in [0.25, 0.3) is 0 Å². The first kappa shape index (κ1) is 14.9. The van der Waals surface area contributed by atoms with Crippen LogP contribution in [-0.2, 0) is 18.9 Å². The van der Waals surface area contributed by atoms with Crippen LogP contribution < -0.4 is 0 Å². The fourth-order valence-electron chi connectivity index (χ4n) is 6.19. The van der Waals surface area contributed by atoms with Gasteiger partial charge >= 0.3 is 0 Å². The van der Waals surface area contributed by atoms with E-state index in [1.165, 1.54) is 49.9 Å². The lowest BCUT2D eigenvalue weighted by Crippen LogP contribution is -2.49. The van der Waals surface area contributed by atoms with E-state index in [9.17, 15) is 0 Å². The molecule has 0 atom stereocenters. The molecule has 4 aliphatic carbocycles. The third-order valence-corrected chi connectivity index (χ3v) is 6.96. The molecule has 0 aliphatic heterocycles. The van der Waals surface area contributed by atoms with E-state index in [4.69, 9.17) is 16.7 Å². The third-order valence-electron chi connectivity index (χ3n) is 6.73. The Hall–Kier alpha value is -1.35. The average molecular weight is 342 g/mol. The van der Waals surface area contributed by atoms with Crippen molar-refractivity contribution in [3.8, 4) is 0 Å². The molecule has 1 aromatic heterocycles. The summed E-state index contributed by atoms with van der Waals surface area (Å²) in [5.41, 5.74) is 1.51. The smallest absolute Gasteiger partial charge is 0.139 e. The van der Waals surface area contributed by atoms with Gasteiger partial charge in [0.15, 0.2) is 0 Å². The number of halogens is 1. The van der Waals surface area contributed by atoms with E-state index in [0.29, 0.717) is 5.41 Å². The lowest BCUT2D eigenvalue weighted by atomic mass is 9.49. The molecule has 24 heavy (non-hydrogen) atoms. The van der Waals surface area contributed by atoms with Gasteiger partial charge in [-0.3, -0.25) is 0 Å². The molecule has 1 heterocycles. The molecule has 6 rings (SSSR count). The molecule has 0 spiro atoms. The van der Waals surface area contributed by atoms with Crippen LogP contribution in [0.1, 0.15) is 55.7 Å². The van der Waals surface area contributed by atoms with Crippen LogP contribution in [0.4, 0.5) is 0 Å². The molecule has 0 unspecified atom stereocenters. The number of nitrogens with zero attached hydrogens (tertiary/aromatic N) is 3. The molecule has 3 nitrogen and oxygen atoms in total. The molecular formula is C20H24ClN3. The van der Waals surface area contributed by atoms with E-state index in [2.05, 4.69) is 22.8 Å². The minimum atomic E-state index is 0.309. The molecule has 4 aliphatic rings. The maximum absolute atomic E-state index is 6.12. The standard InChI is InChI=1S/C20H24ClN3/c1-24-18(9-13-3-2-4-17(21)8-13)22-23-19(24)20-10-14-5-15(11-20)7-16(6-14)12-20/h2-4,8,14-16H,5-7,9-12H2,1H3. The normalized spacial score (nSPS) is 34.0. The molecule has 4 saturated carbocycles. The van der Waals surface area contributed by atoms with E-state index < -0.39 is 0 Å². The topological polar surface area (TPSA) is 30.7 Å². The highest BCUT2D eigenvalue weighted by molar-refractivity contribution is 6.30. The quantitative estimate of drug-likeness (QED) is 0.821. The first-order valence-corrected chi connectivity index (χ1v) is 9.62. The van der Waals surface area contributed by atoms with Crippen LogP contribution in [-0.4, -0.2) is 14.8 Å². The maximum atomic E-state index is 6.12. The van der Waals surface area contributed by atoms with Gasteiger partial charge in [0.05, 0.1) is 0 Å². The van der Waals surface area contributed by atoms with Gasteiger partial charge in [-0.05, 0) is 74.0 Å². The van der Waals surface area contributed by atoms with Gasteiger partial charge in [0.25, 0.3) is 0 Å². The molecule has 4 fully saturated rings. The summed E-state index contributed by atoms with van der Waals surface area (Å²) in [6.07, 6.45) is 9.20. The number of rotatable bonds is 3. The molecule has 0 saturated heterocycles. The molecule has 0 amide bonds. The van der Waals surface area contributed by atoms with Crippen molar-refractivity contribution in [2.75, 3.05) is 0 Å². The molecule has 0 radical (unpaired) electrons. The van der Waals surface area contributed by atoms with Crippen molar-refractivity contribution in [2.45, 2.75) is 50.4 Å². The Kier molecular flexibility index (Phi) is 3.31. The second-order valence-corrected chi connectivity index (χ2v) is 8.94. The predicted molar refractivity (Wildman–Crippen MR) is 95.1 cm³/mol. The van der Waals surface area contributed by atoms with Crippen LogP contribution in [0.5, 0.6) is 0 Å². The van der Waals surface area contributed by atoms with E-state index >= 15 is 0 Å². The highest BCUT2D eigenvalue weighted by Gasteiger charge is 2.53. The van der Waals surface area contributed by atoms with E-state index in [0.717, 1.165) is 35.0 Å². The minimum absolute atomic E-state index is 0.309. The summed E-state index contributed by atoms with van der Waals surface area (Å²) in [6, 6.07) is 8.07. The number of aromatic nitrogens is 3. The Labute approximate surface area is 148 Å². The number of hydrogen-bond donors (Lipinski definition) is 0. The van der Waals surface area contributed by atoms with Gasteiger partial charge in [-0.15, -0.1) is 10.2 Å². The van der Waals surface area contributed by atoms with Crippen molar-refractivity contribution in [3.05, 3.63) is 46.5 Å². The summed E-state index contributed by atoms with van der Waals surface area (Å²) in [5.74, 6) is 5.11. The third kappa shape index (κ3) is 2.32. The molecular weight excluding hydrogens is 318 g/mol. The van der Waals surface area contributed by atoms with Crippen molar-refractivity contribution in [1.29, 1.82) is 0 Å². The Balaban J connectivity index is 1.47. The molecule has 126 valence electrons. The highest BCUT2D eigenvalue weighted by Crippen LogP contribution is 2.60. The SMILES string of the molecule is Cn1c(Cc2cccc(Cl)c2)nnc1C12CC3CC(CC(C3)C1)C2. The Morgan fingerprint density at radius 3 is 2.38 bits per heavy atom. The summed E-state index contributed by atoms with van der Waals surface area (Å²) in [7, 11) is 2.16. The highest BCUT2D eigenvalue weighted by atomic mass is 35.5. The number of benzene rings is 1. The predicted octanol–water partition coefficient (Wildman–Crippen LogP) is 4.53. The summed E-state index contributed by atoms with van der Waals surface area (Å²) in [6.45, 7) is 0. The minimum Gasteiger partial charge on any atom is -0.317 e. The van der Waals surface area contributed by atoms with Gasteiger partial charge in [0.2, 0.25) is 0 Å². The van der Waals surface area contributed by atoms with Gasteiger partial charge in [-0.25, -0.2) is 0 Å². The van der Waals surface area contributed by atoms with Crippen molar-refractivity contribution in [3.63, 3.8) is 0 Å². The van der Waals surface area contributed by atoms with Gasteiger partial charge in [0.1, 0.15) is 11.6 Å². The van der Waals surface area contributed by atoms with Crippen LogP contribution >= 0.6 is 11.6 Å². The Bertz CT molecular complexity index is 744. The molecule has 1 aromatic carbocycles. The first-order chi connectivity index (χ1) is 11.6. The summed E-state index contributed by atoms with van der Waals surface area (Å²) < 4.78 is 2.29. The fourth-order valence-corrected chi connectivity index (χ4v) is 6.40. The second kappa shape index (κ2) is 5.32. The zero-order chi connectivity index (χ0) is 16.3. The van der Waals surface area contributed by atoms with Crippen molar-refractivity contribution < 1.29 is 0 Å². The number of hydrogen-bond acceptors (Lipinski definition) is 2. The second-order valence-electron chi connectivity index (χ2n) is 8.50. The van der Waals surface area contributed by atoms with E-state index in [-0.39, 0.29) is 0 Å². The van der Waals surface area contributed by atoms with E-state index in [1.807, 2.05) is 18.2 Å². The van der Waals surface area contributed by atoms with Crippen LogP contribution in [0.3, 0.4) is 0 Å². The molecule has 4 heteroatoms. The summed E-state index contributed by atoms with van der Waals surface area (Å²) >= 11 is 6.12. The monoisotopic (exact) mass is 341 g/mol. The molecule has 4 bridgehead atoms. The van der Waals surface area contributed by atoms with Crippen LogP contribution in [0, 0.1) is 17.8 Å². The summed E-state index contributed by atoms with van der Waals surface area (Å²) in [5, 5.41) is 10.1. The van der Waals surface area contributed by atoms with Gasteiger partial charge in [-0.1, -0.05) is 23.7 Å². The van der Waals surface area contributed by atoms with Crippen molar-refractivity contribution in [1.82, 2.24) is 14.8 Å². The Morgan fingerprint density at radius 1 is 1.08 bits per heavy atom. The lowest BCUT2D eigenvalue weighted by Gasteiger charge is -2.56. The maximum Gasteiger partial charge on any atom is 0.139 e. The fraction of sp³-hybridized carbons (Fsp3) is 0.600. The van der Waals surface area contributed by atoms with Gasteiger partial charge < -0.3 is 4.57 Å². The zero-order valence-corrected chi connectivity index (χ0v) is 15.0. The first-order valence-electron chi connectivity index (χ1n) is 9.24. The molecule has 2 aromatic rings. The van der Waals surface area contributed by atoms with Crippen LogP contribution in [0.2, 0.25) is 5.02 Å². The lowest BCUT2D eigenvalue weighted by molar-refractivity contribution is -0.0108. The van der Waals surface area contributed by atoms with E-state index in [1.54, 1.807) is 0 Å². The largest absolute Gasteiger partial charge is 0.317 e. The van der Waals surface area contributed by atoms with Crippen LogP contribution in [0.15, 0.2) is 24.3 Å². The average Bonchev–Trinajstić information content (AvgIpc) is 2.88. The van der Waals surface area contributed by atoms with Crippen molar-refractivity contribution in [2.24, 2.45) is 24.8 Å². The molecule has 0 N–H and O–H groups in total. The summed E-state index contributed by atoms with van der Waals surface area (Å²) in [4.78, 5) is 0. The zero-order valence-electron chi connectivity index (χ0n) is 14.2.